The number of aliphatic hydroxyl groups is 1. The summed E-state index contributed by atoms with van der Waals surface area (Å²) in [6.07, 6.45) is 5.02. The van der Waals surface area contributed by atoms with Crippen molar-refractivity contribution >= 4 is 29.2 Å². The van der Waals surface area contributed by atoms with Crippen LogP contribution in [-0.4, -0.2) is 108 Å². The first-order valence-corrected chi connectivity index (χ1v) is 11.8. The summed E-state index contributed by atoms with van der Waals surface area (Å²) in [6, 6.07) is 0.456. The van der Waals surface area contributed by atoms with E-state index in [0.717, 1.165) is 25.8 Å². The van der Waals surface area contributed by atoms with E-state index in [1.807, 2.05) is 20.8 Å². The van der Waals surface area contributed by atoms with Crippen LogP contribution < -0.4 is 0 Å². The molecular weight excluding hydrogens is 356 g/mol. The predicted octanol–water partition coefficient (Wildman–Crippen LogP) is 1.33. The number of hydrogen-bond donors (Lipinski definition) is 1. The second-order valence-corrected chi connectivity index (χ2v) is 10.7. The van der Waals surface area contributed by atoms with Crippen LogP contribution in [0.25, 0.3) is 0 Å². The molecule has 1 N–H and O–H groups in total. The summed E-state index contributed by atoms with van der Waals surface area (Å²) in [6.45, 7) is 12.0. The lowest BCUT2D eigenvalue weighted by atomic mass is 10.0. The Hall–Kier alpha value is -0.250. The van der Waals surface area contributed by atoms with Gasteiger partial charge in [0.25, 0.3) is 0 Å². The molecule has 0 aromatic rings. The van der Waals surface area contributed by atoms with E-state index in [-0.39, 0.29) is 26.3 Å². The van der Waals surface area contributed by atoms with Crippen LogP contribution in [-0.2, 0) is 4.74 Å². The van der Waals surface area contributed by atoms with Gasteiger partial charge in [0, 0.05) is 44.9 Å². The van der Waals surface area contributed by atoms with Gasteiger partial charge in [-0.05, 0) is 20.8 Å². The molecular formula is C17H34N3O3P2+. The number of aliphatic hydroxyl groups excluding tert-OH is 1. The summed E-state index contributed by atoms with van der Waals surface area (Å²) < 4.78 is 5.47. The lowest BCUT2D eigenvalue weighted by molar-refractivity contribution is -0.0508. The van der Waals surface area contributed by atoms with Gasteiger partial charge in [0.15, 0.2) is 5.78 Å². The van der Waals surface area contributed by atoms with Crippen molar-refractivity contribution in [3.05, 3.63) is 0 Å². The van der Waals surface area contributed by atoms with Gasteiger partial charge in [-0.3, -0.25) is 9.80 Å². The highest BCUT2D eigenvalue weighted by atomic mass is 31.1. The van der Waals surface area contributed by atoms with Gasteiger partial charge >= 0.3 is 6.09 Å². The fourth-order valence-electron chi connectivity index (χ4n) is 3.55. The number of nitrogens with zero attached hydrogens (tertiary/aromatic N) is 3. The molecule has 0 saturated carbocycles. The lowest BCUT2D eigenvalue weighted by Gasteiger charge is -2.51. The van der Waals surface area contributed by atoms with E-state index >= 15 is 0 Å². The standard InChI is InChI=1S/C17H34N3O3P2/c1-17(2,3)23-16(22)18-6-7-20(14(10-18)11-21)13-8-19(9-13)15(12-24)25(4)5/h13-15,21H,4,6-12,24H2,1-3,5H3/q+1. The van der Waals surface area contributed by atoms with E-state index in [4.69, 9.17) is 4.74 Å². The quantitative estimate of drug-likeness (QED) is 0.718. The van der Waals surface area contributed by atoms with Crippen LogP contribution in [0.1, 0.15) is 20.8 Å². The molecule has 144 valence electrons. The van der Waals surface area contributed by atoms with E-state index in [0.29, 0.717) is 24.9 Å². The van der Waals surface area contributed by atoms with Crippen molar-refractivity contribution < 1.29 is 14.6 Å². The van der Waals surface area contributed by atoms with Gasteiger partial charge in [-0.2, -0.15) is 0 Å². The minimum absolute atomic E-state index is 0.00856. The Labute approximate surface area is 155 Å². The number of carbonyl (C=O) groups is 1. The smallest absolute Gasteiger partial charge is 0.410 e. The maximum absolute atomic E-state index is 12.3. The molecule has 0 spiro atoms. The molecule has 2 aliphatic rings. The van der Waals surface area contributed by atoms with Crippen LogP contribution in [0, 0.1) is 0 Å². The third-order valence-electron chi connectivity index (χ3n) is 4.89. The van der Waals surface area contributed by atoms with Crippen molar-refractivity contribution in [2.75, 3.05) is 52.2 Å². The molecule has 8 heteroatoms. The first kappa shape index (κ1) is 21.1. The molecule has 25 heavy (non-hydrogen) atoms. The normalized spacial score (nSPS) is 25.4. The fourth-order valence-corrected chi connectivity index (χ4v) is 6.04. The number of rotatable bonds is 5. The van der Waals surface area contributed by atoms with Crippen LogP contribution in [0.5, 0.6) is 0 Å². The Morgan fingerprint density at radius 3 is 2.48 bits per heavy atom. The van der Waals surface area contributed by atoms with Crippen molar-refractivity contribution in [2.24, 2.45) is 0 Å². The fraction of sp³-hybridized carbons (Fsp3) is 0.882. The zero-order valence-corrected chi connectivity index (χ0v) is 18.1. The molecule has 6 nitrogen and oxygen atoms in total. The van der Waals surface area contributed by atoms with Crippen LogP contribution in [0.15, 0.2) is 0 Å². The number of carbonyl (C=O) groups excluding carboxylic acids is 1. The van der Waals surface area contributed by atoms with E-state index in [2.05, 4.69) is 32.0 Å². The number of likely N-dealkylation sites (tertiary alicyclic amines) is 1. The average Bonchev–Trinajstić information content (AvgIpc) is 2.47. The largest absolute Gasteiger partial charge is 0.444 e. The SMILES string of the molecule is C=[P+](C)C(CP)N1CC(N2CCN(C(=O)OC(C)(C)C)CC2CO)C1. The first-order valence-electron chi connectivity index (χ1n) is 8.98. The molecule has 2 fully saturated rings. The molecule has 4 unspecified atom stereocenters. The molecule has 4 atom stereocenters. The second kappa shape index (κ2) is 8.63. The second-order valence-electron chi connectivity index (χ2n) is 8.08. The van der Waals surface area contributed by atoms with Crippen molar-refractivity contribution in [2.45, 2.75) is 44.2 Å². The van der Waals surface area contributed by atoms with E-state index < -0.39 is 5.60 Å². The predicted molar refractivity (Wildman–Crippen MR) is 109 cm³/mol. The van der Waals surface area contributed by atoms with Crippen molar-refractivity contribution in [3.63, 3.8) is 0 Å². The van der Waals surface area contributed by atoms with Gasteiger partial charge in [0.2, 0.25) is 0 Å². The zero-order valence-electron chi connectivity index (χ0n) is 16.0. The number of ether oxygens (including phenoxy) is 1. The molecule has 1 amide bonds. The van der Waals surface area contributed by atoms with Gasteiger partial charge in [-0.1, -0.05) is 0 Å². The number of piperazine rings is 1. The minimum atomic E-state index is -0.489. The Balaban J connectivity index is 1.89. The minimum Gasteiger partial charge on any atom is -0.444 e. The Morgan fingerprint density at radius 1 is 1.36 bits per heavy atom. The molecule has 0 radical (unpaired) electrons. The van der Waals surface area contributed by atoms with Crippen LogP contribution >= 0.6 is 16.8 Å². The lowest BCUT2D eigenvalue weighted by Crippen LogP contribution is -2.68. The Morgan fingerprint density at radius 2 is 2.00 bits per heavy atom. The topological polar surface area (TPSA) is 56.2 Å². The third-order valence-corrected chi connectivity index (χ3v) is 7.29. The summed E-state index contributed by atoms with van der Waals surface area (Å²) in [5.74, 6) is 0.562. The highest BCUT2D eigenvalue weighted by Crippen LogP contribution is 2.33. The molecule has 2 heterocycles. The Bertz CT molecular complexity index is 492. The zero-order chi connectivity index (χ0) is 18.8. The van der Waals surface area contributed by atoms with Gasteiger partial charge in [0.05, 0.1) is 25.6 Å². The molecule has 0 aliphatic carbocycles. The van der Waals surface area contributed by atoms with Crippen LogP contribution in [0.2, 0.25) is 0 Å². The first-order chi connectivity index (χ1) is 11.7. The summed E-state index contributed by atoms with van der Waals surface area (Å²) in [5, 5.41) is 9.83. The summed E-state index contributed by atoms with van der Waals surface area (Å²) in [4.78, 5) is 18.9. The molecule has 2 saturated heterocycles. The molecule has 2 aliphatic heterocycles. The molecule has 2 rings (SSSR count). The monoisotopic (exact) mass is 390 g/mol. The maximum Gasteiger partial charge on any atom is 0.410 e. The Kier molecular flexibility index (Phi) is 7.26. The highest BCUT2D eigenvalue weighted by Gasteiger charge is 2.43. The van der Waals surface area contributed by atoms with Gasteiger partial charge in [0.1, 0.15) is 13.1 Å². The average molecular weight is 390 g/mol. The van der Waals surface area contributed by atoms with E-state index in [9.17, 15) is 9.90 Å². The summed E-state index contributed by atoms with van der Waals surface area (Å²) in [7, 11) is 2.62. The number of hydrogen-bond acceptors (Lipinski definition) is 5. The van der Waals surface area contributed by atoms with Crippen molar-refractivity contribution in [3.8, 4) is 0 Å². The molecule has 0 aromatic heterocycles. The summed E-state index contributed by atoms with van der Waals surface area (Å²) >= 11 is 0. The molecule has 0 bridgehead atoms. The third kappa shape index (κ3) is 5.37. The maximum atomic E-state index is 12.3. The van der Waals surface area contributed by atoms with Crippen molar-refractivity contribution in [1.82, 2.24) is 14.7 Å². The van der Waals surface area contributed by atoms with E-state index in [1.165, 1.54) is 0 Å². The number of amides is 1. The van der Waals surface area contributed by atoms with Crippen LogP contribution in [0.3, 0.4) is 0 Å². The highest BCUT2D eigenvalue weighted by molar-refractivity contribution is 7.56. The van der Waals surface area contributed by atoms with Gasteiger partial charge < -0.3 is 14.7 Å². The summed E-state index contributed by atoms with van der Waals surface area (Å²) in [5.41, 5.74) is -0.489. The van der Waals surface area contributed by atoms with Crippen LogP contribution in [0.4, 0.5) is 4.79 Å². The van der Waals surface area contributed by atoms with E-state index in [1.54, 1.807) is 4.90 Å². The van der Waals surface area contributed by atoms with Crippen molar-refractivity contribution in [1.29, 1.82) is 0 Å². The molecule has 0 aromatic carbocycles. The van der Waals surface area contributed by atoms with Gasteiger partial charge in [-0.15, -0.1) is 9.24 Å². The van der Waals surface area contributed by atoms with Gasteiger partial charge in [-0.25, -0.2) is 4.79 Å².